The van der Waals surface area contributed by atoms with Gasteiger partial charge in [0.1, 0.15) is 0 Å². The van der Waals surface area contributed by atoms with E-state index in [9.17, 15) is 18.0 Å². The number of amides is 1. The van der Waals surface area contributed by atoms with Gasteiger partial charge in [-0.1, -0.05) is 6.07 Å². The minimum Gasteiger partial charge on any atom is -0.349 e. The molecule has 0 unspecified atom stereocenters. The number of nitrogens with zero attached hydrogens (tertiary/aromatic N) is 4. The molecule has 3 aromatic rings. The van der Waals surface area contributed by atoms with Gasteiger partial charge in [0.15, 0.2) is 0 Å². The minimum absolute atomic E-state index is 0.0155. The number of alkyl halides is 3. The lowest BCUT2D eigenvalue weighted by molar-refractivity contribution is -0.134. The van der Waals surface area contributed by atoms with Crippen LogP contribution in [0.25, 0.3) is 5.52 Å². The molecule has 0 aromatic carbocycles. The van der Waals surface area contributed by atoms with Gasteiger partial charge < -0.3 is 5.32 Å². The Bertz CT molecular complexity index is 1170. The first-order valence-corrected chi connectivity index (χ1v) is 13.2. The lowest BCUT2D eigenvalue weighted by atomic mass is 9.84. The second-order valence-corrected chi connectivity index (χ2v) is 10.9. The molecule has 3 aromatic heterocycles. The van der Waals surface area contributed by atoms with Gasteiger partial charge in [-0.05, 0) is 63.1 Å². The zero-order valence-corrected chi connectivity index (χ0v) is 20.4. The van der Waals surface area contributed by atoms with Crippen molar-refractivity contribution in [1.29, 1.82) is 0 Å². The molecule has 1 amide bonds. The molecule has 5 rings (SSSR count). The zero-order valence-electron chi connectivity index (χ0n) is 19.6. The number of aromatic nitrogens is 3. The van der Waals surface area contributed by atoms with Crippen LogP contribution >= 0.6 is 11.3 Å². The highest BCUT2D eigenvalue weighted by Crippen LogP contribution is 2.31. The molecule has 1 aliphatic heterocycles. The van der Waals surface area contributed by atoms with Crippen molar-refractivity contribution >= 4 is 22.8 Å². The number of aryl methyl sites for hydroxylation is 1. The number of carbonyl (C=O) groups is 1. The average molecular weight is 506 g/mol. The summed E-state index contributed by atoms with van der Waals surface area (Å²) in [5.41, 5.74) is 2.40. The molecule has 188 valence electrons. The number of hydrogen-bond acceptors (Lipinski definition) is 5. The maximum Gasteiger partial charge on any atom is 0.389 e. The molecule has 1 fully saturated rings. The van der Waals surface area contributed by atoms with E-state index in [0.29, 0.717) is 16.5 Å². The van der Waals surface area contributed by atoms with E-state index in [-0.39, 0.29) is 18.4 Å². The third-order valence-electron chi connectivity index (χ3n) is 7.18. The average Bonchev–Trinajstić information content (AvgIpc) is 3.45. The van der Waals surface area contributed by atoms with E-state index in [1.807, 2.05) is 24.4 Å². The van der Waals surface area contributed by atoms with E-state index in [0.717, 1.165) is 74.2 Å². The van der Waals surface area contributed by atoms with Crippen molar-refractivity contribution in [3.8, 4) is 0 Å². The molecule has 1 saturated carbocycles. The number of carbonyl (C=O) groups excluding carboxylic acids is 1. The number of fused-ring (bicyclic) bond motifs is 2. The van der Waals surface area contributed by atoms with Crippen LogP contribution in [0, 0.1) is 5.92 Å². The fourth-order valence-electron chi connectivity index (χ4n) is 5.19. The van der Waals surface area contributed by atoms with Gasteiger partial charge in [-0.3, -0.25) is 9.69 Å². The first kappa shape index (κ1) is 24.2. The van der Waals surface area contributed by atoms with E-state index in [1.165, 1.54) is 11.3 Å². The summed E-state index contributed by atoms with van der Waals surface area (Å²) in [6.07, 6.45) is 4.65. The summed E-state index contributed by atoms with van der Waals surface area (Å²) in [5, 5.41) is 8.05. The van der Waals surface area contributed by atoms with Crippen LogP contribution in [-0.2, 0) is 19.4 Å². The maximum atomic E-state index is 12.8. The topological polar surface area (TPSA) is 62.5 Å². The molecule has 4 heterocycles. The molecular weight excluding hydrogens is 475 g/mol. The van der Waals surface area contributed by atoms with Crippen molar-refractivity contribution in [2.45, 2.75) is 70.1 Å². The van der Waals surface area contributed by atoms with E-state index >= 15 is 0 Å². The number of thiazole rings is 1. The van der Waals surface area contributed by atoms with Crippen molar-refractivity contribution in [1.82, 2.24) is 24.8 Å². The summed E-state index contributed by atoms with van der Waals surface area (Å²) in [7, 11) is 0. The van der Waals surface area contributed by atoms with E-state index in [1.54, 1.807) is 10.7 Å². The monoisotopic (exact) mass is 505 g/mol. The van der Waals surface area contributed by atoms with Crippen molar-refractivity contribution in [2.24, 2.45) is 5.92 Å². The highest BCUT2D eigenvalue weighted by atomic mass is 32.1. The first-order chi connectivity index (χ1) is 16.8. The van der Waals surface area contributed by atoms with Crippen molar-refractivity contribution in [3.05, 3.63) is 51.7 Å². The van der Waals surface area contributed by atoms with Gasteiger partial charge in [-0.15, -0.1) is 11.3 Å². The minimum atomic E-state index is -4.13. The van der Waals surface area contributed by atoms with Crippen LogP contribution in [0.15, 0.2) is 30.6 Å². The summed E-state index contributed by atoms with van der Waals surface area (Å²) < 4.78 is 39.3. The van der Waals surface area contributed by atoms with E-state index in [4.69, 9.17) is 0 Å². The third kappa shape index (κ3) is 6.03. The van der Waals surface area contributed by atoms with Gasteiger partial charge in [0.05, 0.1) is 28.0 Å². The Morgan fingerprint density at radius 1 is 1.20 bits per heavy atom. The van der Waals surface area contributed by atoms with Gasteiger partial charge >= 0.3 is 6.18 Å². The molecular formula is C25H30F3N5OS. The maximum absolute atomic E-state index is 12.8. The Labute approximate surface area is 206 Å². The molecule has 35 heavy (non-hydrogen) atoms. The number of nitrogens with one attached hydrogen (secondary N) is 1. The number of hydrogen-bond donors (Lipinski definition) is 1. The summed E-state index contributed by atoms with van der Waals surface area (Å²) in [6, 6.07) is 5.89. The predicted molar refractivity (Wildman–Crippen MR) is 128 cm³/mol. The van der Waals surface area contributed by atoms with Crippen LogP contribution in [0.5, 0.6) is 0 Å². The number of halogens is 3. The van der Waals surface area contributed by atoms with E-state index < -0.39 is 12.6 Å². The molecule has 0 radical (unpaired) electrons. The second kappa shape index (κ2) is 10.3. The van der Waals surface area contributed by atoms with Crippen LogP contribution in [-0.4, -0.2) is 50.7 Å². The standard InChI is InChI=1S/C25H30F3N5OS/c26-25(27,28)11-8-23-31-20-16-32(14-10-22(20)35-23)13-9-17-4-6-18(7-5-17)30-24(34)19-15-29-33-12-2-1-3-21(19)33/h1-3,12,15,17-18H,4-11,13-14,16H2,(H,30,34). The number of rotatable bonds is 7. The molecule has 1 aliphatic carbocycles. The van der Waals surface area contributed by atoms with Crippen LogP contribution in [0.4, 0.5) is 13.2 Å². The normalized spacial score (nSPS) is 21.2. The number of pyridine rings is 1. The molecule has 6 nitrogen and oxygen atoms in total. The molecule has 0 saturated heterocycles. The Morgan fingerprint density at radius 2 is 2.03 bits per heavy atom. The molecule has 0 atom stereocenters. The Morgan fingerprint density at radius 3 is 2.83 bits per heavy atom. The molecule has 0 spiro atoms. The molecule has 10 heteroatoms. The van der Waals surface area contributed by atoms with Crippen LogP contribution in [0.3, 0.4) is 0 Å². The fourth-order valence-corrected chi connectivity index (χ4v) is 6.25. The van der Waals surface area contributed by atoms with Crippen molar-refractivity contribution in [3.63, 3.8) is 0 Å². The van der Waals surface area contributed by atoms with Crippen LogP contribution in [0.2, 0.25) is 0 Å². The Hall–Kier alpha value is -2.46. The van der Waals surface area contributed by atoms with Gasteiger partial charge in [0.25, 0.3) is 5.91 Å². The lowest BCUT2D eigenvalue weighted by Gasteiger charge is -2.32. The van der Waals surface area contributed by atoms with Crippen molar-refractivity contribution < 1.29 is 18.0 Å². The molecule has 1 N–H and O–H groups in total. The van der Waals surface area contributed by atoms with Gasteiger partial charge in [-0.25, -0.2) is 9.50 Å². The van der Waals surface area contributed by atoms with Gasteiger partial charge in [0, 0.05) is 43.0 Å². The lowest BCUT2D eigenvalue weighted by Crippen LogP contribution is -2.38. The summed E-state index contributed by atoms with van der Waals surface area (Å²) in [5.74, 6) is 0.580. The Balaban J connectivity index is 1.05. The summed E-state index contributed by atoms with van der Waals surface area (Å²) >= 11 is 1.45. The van der Waals surface area contributed by atoms with Crippen LogP contribution < -0.4 is 5.32 Å². The summed E-state index contributed by atoms with van der Waals surface area (Å²) in [4.78, 5) is 20.8. The summed E-state index contributed by atoms with van der Waals surface area (Å²) in [6.45, 7) is 2.67. The highest BCUT2D eigenvalue weighted by molar-refractivity contribution is 7.11. The van der Waals surface area contributed by atoms with Gasteiger partial charge in [-0.2, -0.15) is 18.3 Å². The van der Waals surface area contributed by atoms with Gasteiger partial charge in [0.2, 0.25) is 0 Å². The largest absolute Gasteiger partial charge is 0.389 e. The van der Waals surface area contributed by atoms with Crippen LogP contribution in [0.1, 0.15) is 64.5 Å². The van der Waals surface area contributed by atoms with E-state index in [2.05, 4.69) is 20.3 Å². The molecule has 0 bridgehead atoms. The first-order valence-electron chi connectivity index (χ1n) is 12.3. The SMILES string of the molecule is O=C(NC1CCC(CCN2CCc3sc(CCC(F)(F)F)nc3C2)CC1)c1cnn2ccccc12. The quantitative estimate of drug-likeness (QED) is 0.490. The van der Waals surface area contributed by atoms with Crippen molar-refractivity contribution in [2.75, 3.05) is 13.1 Å². The predicted octanol–water partition coefficient (Wildman–Crippen LogP) is 5.02. The third-order valence-corrected chi connectivity index (χ3v) is 8.40. The second-order valence-electron chi connectivity index (χ2n) is 9.69. The smallest absolute Gasteiger partial charge is 0.349 e. The zero-order chi connectivity index (χ0) is 24.4. The highest BCUT2D eigenvalue weighted by Gasteiger charge is 2.29. The molecule has 2 aliphatic rings. The Kier molecular flexibility index (Phi) is 7.11. The fraction of sp³-hybridized carbons (Fsp3) is 0.560.